The van der Waals surface area contributed by atoms with Crippen LogP contribution in [-0.2, 0) is 7.05 Å². The van der Waals surface area contributed by atoms with Crippen LogP contribution in [0.1, 0.15) is 11.1 Å². The Morgan fingerprint density at radius 3 is 2.45 bits per heavy atom. The van der Waals surface area contributed by atoms with Crippen molar-refractivity contribution >= 4 is 21.9 Å². The molecule has 0 saturated heterocycles. The van der Waals surface area contributed by atoms with Gasteiger partial charge in [-0.1, -0.05) is 48.5 Å². The summed E-state index contributed by atoms with van der Waals surface area (Å²) in [5, 5.41) is 11.7. The fourth-order valence-electron chi connectivity index (χ4n) is 4.14. The second kappa shape index (κ2) is 6.61. The smallest absolute Gasteiger partial charge is 0.216 e. The molecule has 0 amide bonds. The average molecular weight is 375 g/mol. The van der Waals surface area contributed by atoms with Crippen molar-refractivity contribution in [3.63, 3.8) is 0 Å². The van der Waals surface area contributed by atoms with Crippen LogP contribution in [0.2, 0.25) is 0 Å². The highest BCUT2D eigenvalue weighted by Crippen LogP contribution is 2.42. The van der Waals surface area contributed by atoms with Crippen molar-refractivity contribution in [1.29, 1.82) is 5.26 Å². The third-order valence-corrected chi connectivity index (χ3v) is 5.48. The second-order valence-corrected chi connectivity index (χ2v) is 7.28. The molecule has 138 valence electrons. The summed E-state index contributed by atoms with van der Waals surface area (Å²) in [5.41, 5.74) is 7.46. The first-order chi connectivity index (χ1) is 14.2. The first-order valence-electron chi connectivity index (χ1n) is 9.58. The van der Waals surface area contributed by atoms with E-state index in [1.807, 2.05) is 68.7 Å². The van der Waals surface area contributed by atoms with Gasteiger partial charge >= 0.3 is 0 Å². The molecular weight excluding hydrogens is 356 g/mol. The highest BCUT2D eigenvalue weighted by Gasteiger charge is 2.23. The minimum Gasteiger partial charge on any atom is -0.454 e. The zero-order valence-electron chi connectivity index (χ0n) is 16.3. The van der Waals surface area contributed by atoms with E-state index in [1.54, 1.807) is 0 Å². The number of nitrogens with zero attached hydrogens (tertiary/aromatic N) is 2. The molecule has 0 radical (unpaired) electrons. The zero-order valence-corrected chi connectivity index (χ0v) is 16.3. The van der Waals surface area contributed by atoms with Crippen molar-refractivity contribution in [2.45, 2.75) is 6.92 Å². The number of benzene rings is 3. The van der Waals surface area contributed by atoms with E-state index in [0.29, 0.717) is 5.56 Å². The number of pyridine rings is 1. The van der Waals surface area contributed by atoms with Crippen molar-refractivity contribution in [2.75, 3.05) is 0 Å². The van der Waals surface area contributed by atoms with Gasteiger partial charge in [0.2, 0.25) is 5.69 Å². The first kappa shape index (κ1) is 17.2. The largest absolute Gasteiger partial charge is 0.454 e. The predicted octanol–water partition coefficient (Wildman–Crippen LogP) is 5.92. The molecule has 2 heterocycles. The molecule has 0 aliphatic carbocycles. The highest BCUT2D eigenvalue weighted by molar-refractivity contribution is 6.15. The molecule has 0 saturated carbocycles. The van der Waals surface area contributed by atoms with Gasteiger partial charge in [0.25, 0.3) is 0 Å². The number of rotatable bonds is 2. The normalized spacial score (nSPS) is 11.1. The number of nitriles is 1. The zero-order chi connectivity index (χ0) is 20.0. The number of hydrogen-bond acceptors (Lipinski definition) is 2. The van der Waals surface area contributed by atoms with E-state index in [0.717, 1.165) is 49.9 Å². The Kier molecular flexibility index (Phi) is 3.93. The summed E-state index contributed by atoms with van der Waals surface area (Å²) >= 11 is 0. The number of aromatic nitrogens is 1. The van der Waals surface area contributed by atoms with Crippen molar-refractivity contribution < 1.29 is 8.98 Å². The van der Waals surface area contributed by atoms with Crippen molar-refractivity contribution in [3.8, 4) is 28.5 Å². The summed E-state index contributed by atoms with van der Waals surface area (Å²) in [7, 11) is 2.02. The lowest BCUT2D eigenvalue weighted by Crippen LogP contribution is -2.30. The molecule has 0 spiro atoms. The molecule has 0 aliphatic heterocycles. The van der Waals surface area contributed by atoms with E-state index < -0.39 is 0 Å². The van der Waals surface area contributed by atoms with Crippen LogP contribution in [0.3, 0.4) is 0 Å². The maximum Gasteiger partial charge on any atom is 0.216 e. The van der Waals surface area contributed by atoms with Crippen LogP contribution < -0.4 is 4.57 Å². The van der Waals surface area contributed by atoms with Crippen molar-refractivity contribution in [2.24, 2.45) is 7.05 Å². The summed E-state index contributed by atoms with van der Waals surface area (Å²) in [6.07, 6.45) is 2.02. The molecule has 0 unspecified atom stereocenters. The Labute approximate surface area is 169 Å². The standard InChI is InChI=1S/C26H19N2O/c1-17-15-19(16-27)24-21-12-8-11-20(18-9-4-3-5-10-18)25(21)29-26(24)23(17)22-13-6-7-14-28(22)2/h3-15H,1-2H3/q+1. The number of furan rings is 1. The van der Waals surface area contributed by atoms with E-state index in [-0.39, 0.29) is 0 Å². The Hall–Kier alpha value is -3.90. The van der Waals surface area contributed by atoms with Gasteiger partial charge in [-0.3, -0.25) is 0 Å². The summed E-state index contributed by atoms with van der Waals surface area (Å²) in [6.45, 7) is 2.04. The maximum atomic E-state index is 9.84. The minimum absolute atomic E-state index is 0.642. The van der Waals surface area contributed by atoms with Crippen LogP contribution >= 0.6 is 0 Å². The molecule has 2 aromatic heterocycles. The van der Waals surface area contributed by atoms with Crippen molar-refractivity contribution in [1.82, 2.24) is 0 Å². The van der Waals surface area contributed by atoms with Gasteiger partial charge in [0.1, 0.15) is 12.6 Å². The van der Waals surface area contributed by atoms with Gasteiger partial charge in [0, 0.05) is 28.5 Å². The molecule has 3 aromatic carbocycles. The van der Waals surface area contributed by atoms with Crippen LogP contribution in [0, 0.1) is 18.3 Å². The molecule has 0 aliphatic rings. The molecule has 3 heteroatoms. The van der Waals surface area contributed by atoms with Crippen molar-refractivity contribution in [3.05, 3.63) is 90.1 Å². The van der Waals surface area contributed by atoms with E-state index in [1.165, 1.54) is 0 Å². The Balaban J connectivity index is 1.96. The van der Waals surface area contributed by atoms with Gasteiger partial charge in [0.05, 0.1) is 17.2 Å². The lowest BCUT2D eigenvalue weighted by Gasteiger charge is -2.06. The number of fused-ring (bicyclic) bond motifs is 3. The molecule has 0 N–H and O–H groups in total. The molecular formula is C26H19N2O+. The molecule has 5 aromatic rings. The fraction of sp³-hybridized carbons (Fsp3) is 0.0769. The van der Waals surface area contributed by atoms with Gasteiger partial charge < -0.3 is 4.42 Å². The van der Waals surface area contributed by atoms with Gasteiger partial charge in [-0.25, -0.2) is 4.57 Å². The Bertz CT molecular complexity index is 1420. The van der Waals surface area contributed by atoms with Gasteiger partial charge in [-0.15, -0.1) is 0 Å². The van der Waals surface area contributed by atoms with Gasteiger partial charge in [-0.2, -0.15) is 5.26 Å². The van der Waals surface area contributed by atoms with E-state index in [2.05, 4.69) is 34.9 Å². The molecule has 0 atom stereocenters. The van der Waals surface area contributed by atoms with E-state index in [4.69, 9.17) is 4.42 Å². The summed E-state index contributed by atoms with van der Waals surface area (Å²) in [5.74, 6) is 0. The summed E-state index contributed by atoms with van der Waals surface area (Å²) < 4.78 is 8.62. The van der Waals surface area contributed by atoms with Gasteiger partial charge in [-0.05, 0) is 30.2 Å². The number of aryl methyl sites for hydroxylation is 2. The fourth-order valence-corrected chi connectivity index (χ4v) is 4.14. The minimum atomic E-state index is 0.642. The van der Waals surface area contributed by atoms with Crippen LogP contribution in [0.4, 0.5) is 0 Å². The lowest BCUT2D eigenvalue weighted by molar-refractivity contribution is -0.660. The van der Waals surface area contributed by atoms with Crippen LogP contribution in [0.15, 0.2) is 83.4 Å². The summed E-state index contributed by atoms with van der Waals surface area (Å²) in [4.78, 5) is 0. The SMILES string of the molecule is Cc1cc(C#N)c2c(oc3c(-c4ccccc4)cccc32)c1-c1cccc[n+]1C. The van der Waals surface area contributed by atoms with Gasteiger partial charge in [0.15, 0.2) is 11.8 Å². The number of para-hydroxylation sites is 1. The highest BCUT2D eigenvalue weighted by atomic mass is 16.3. The van der Waals surface area contributed by atoms with Crippen LogP contribution in [-0.4, -0.2) is 0 Å². The number of hydrogen-bond donors (Lipinski definition) is 0. The molecule has 0 fully saturated rings. The first-order valence-corrected chi connectivity index (χ1v) is 9.58. The third kappa shape index (κ3) is 2.61. The van der Waals surface area contributed by atoms with E-state index in [9.17, 15) is 5.26 Å². The van der Waals surface area contributed by atoms with Crippen LogP contribution in [0.25, 0.3) is 44.3 Å². The maximum absolute atomic E-state index is 9.84. The molecule has 29 heavy (non-hydrogen) atoms. The predicted molar refractivity (Wildman–Crippen MR) is 115 cm³/mol. The Morgan fingerprint density at radius 2 is 1.69 bits per heavy atom. The molecule has 5 rings (SSSR count). The lowest BCUT2D eigenvalue weighted by atomic mass is 9.95. The molecule has 3 nitrogen and oxygen atoms in total. The molecule has 0 bridgehead atoms. The quantitative estimate of drug-likeness (QED) is 0.359. The second-order valence-electron chi connectivity index (χ2n) is 7.28. The monoisotopic (exact) mass is 375 g/mol. The third-order valence-electron chi connectivity index (χ3n) is 5.48. The van der Waals surface area contributed by atoms with E-state index >= 15 is 0 Å². The topological polar surface area (TPSA) is 40.8 Å². The van der Waals surface area contributed by atoms with Crippen LogP contribution in [0.5, 0.6) is 0 Å². The Morgan fingerprint density at radius 1 is 0.897 bits per heavy atom. The average Bonchev–Trinajstić information content (AvgIpc) is 3.14. The summed E-state index contributed by atoms with van der Waals surface area (Å²) in [6, 6.07) is 26.8.